The van der Waals surface area contributed by atoms with E-state index in [1.165, 1.54) is 16.7 Å². The lowest BCUT2D eigenvalue weighted by Crippen LogP contribution is -2.35. The maximum atomic E-state index is 2.61. The molecule has 0 spiro atoms. The molecule has 0 N–H and O–H groups in total. The fourth-order valence-electron chi connectivity index (χ4n) is 7.44. The second kappa shape index (κ2) is 13.5. The first kappa shape index (κ1) is 41.9. The summed E-state index contributed by atoms with van der Waals surface area (Å²) in [6.45, 7) is 51.4. The third kappa shape index (κ3) is 8.76. The molecule has 1 aliphatic heterocycles. The monoisotopic (exact) mass is 725 g/mol. The number of hydrogen-bond acceptors (Lipinski definition) is 0. The van der Waals surface area contributed by atoms with Crippen molar-refractivity contribution in [1.82, 2.24) is 0 Å². The van der Waals surface area contributed by atoms with Gasteiger partial charge >= 0.3 is 0 Å². The molecule has 1 aliphatic rings. The third-order valence-electron chi connectivity index (χ3n) is 10.5. The van der Waals surface area contributed by atoms with Crippen LogP contribution >= 0.6 is 15.1 Å². The van der Waals surface area contributed by atoms with Gasteiger partial charge in [-0.2, -0.15) is 0 Å². The minimum Gasteiger partial charge on any atom is -0.103 e. The lowest BCUT2D eigenvalue weighted by atomic mass is 9.72. The van der Waals surface area contributed by atoms with E-state index in [9.17, 15) is 0 Å². The van der Waals surface area contributed by atoms with Crippen molar-refractivity contribution < 1.29 is 0 Å². The Balaban J connectivity index is 2.43. The Morgan fingerprint density at radius 1 is 0.392 bits per heavy atom. The topological polar surface area (TPSA) is 0 Å². The van der Waals surface area contributed by atoms with Crippen molar-refractivity contribution in [2.75, 3.05) is 0 Å². The van der Waals surface area contributed by atoms with E-state index in [1.807, 2.05) is 0 Å². The van der Waals surface area contributed by atoms with Crippen LogP contribution in [0.25, 0.3) is 0 Å². The molecular weight excluding hydrogens is 650 g/mol. The van der Waals surface area contributed by atoms with Crippen LogP contribution in [0.15, 0.2) is 54.6 Å². The summed E-state index contributed by atoms with van der Waals surface area (Å²) in [5.41, 5.74) is 13.9. The molecule has 0 radical (unpaired) electrons. The molecule has 0 saturated heterocycles. The Morgan fingerprint density at radius 2 is 0.686 bits per heavy atom. The average molecular weight is 725 g/mol. The number of rotatable bonds is 4. The van der Waals surface area contributed by atoms with Gasteiger partial charge in [0.15, 0.2) is 0 Å². The Labute approximate surface area is 317 Å². The van der Waals surface area contributed by atoms with E-state index < -0.39 is 15.1 Å². The maximum Gasteiger partial charge on any atom is 0.0123 e. The zero-order chi connectivity index (χ0) is 39.1. The van der Waals surface area contributed by atoms with Crippen LogP contribution < -0.4 is 0 Å². The van der Waals surface area contributed by atoms with Gasteiger partial charge in [-0.1, -0.05) is 200 Å². The zero-order valence-corrected chi connectivity index (χ0v) is 38.6. The van der Waals surface area contributed by atoms with Gasteiger partial charge in [0, 0.05) is 16.2 Å². The summed E-state index contributed by atoms with van der Waals surface area (Å²) in [6.07, 6.45) is 1.10. The van der Waals surface area contributed by atoms with Crippen molar-refractivity contribution in [3.05, 3.63) is 105 Å². The molecule has 51 heavy (non-hydrogen) atoms. The smallest absolute Gasteiger partial charge is 0.0123 e. The Kier molecular flexibility index (Phi) is 11.1. The molecule has 0 atom stereocenters. The van der Waals surface area contributed by atoms with Gasteiger partial charge in [0.1, 0.15) is 0 Å². The highest BCUT2D eigenvalue weighted by Crippen LogP contribution is 2.69. The fourth-order valence-corrected chi connectivity index (χ4v) is 16.6. The summed E-state index contributed by atoms with van der Waals surface area (Å²) in [6, 6.07) is 21.9. The van der Waals surface area contributed by atoms with Gasteiger partial charge in [0.05, 0.1) is 0 Å². The molecule has 0 fully saturated rings. The first-order valence-corrected chi connectivity index (χ1v) is 22.4. The molecule has 0 nitrogen and oxygen atoms in total. The largest absolute Gasteiger partial charge is 0.103 e. The van der Waals surface area contributed by atoms with Crippen LogP contribution in [0.2, 0.25) is 0 Å². The molecule has 1 heterocycles. The predicted octanol–water partition coefficient (Wildman–Crippen LogP) is 15.1. The van der Waals surface area contributed by atoms with E-state index in [0.29, 0.717) is 0 Å². The zero-order valence-electron chi connectivity index (χ0n) is 36.8. The lowest BCUT2D eigenvalue weighted by molar-refractivity contribution is 0.546. The molecule has 0 unspecified atom stereocenters. The van der Waals surface area contributed by atoms with Crippen LogP contribution in [0.5, 0.6) is 0 Å². The highest BCUT2D eigenvalue weighted by atomic mass is 31.2. The summed E-state index contributed by atoms with van der Waals surface area (Å²) in [5, 5.41) is 3.69. The van der Waals surface area contributed by atoms with Crippen LogP contribution in [-0.2, 0) is 38.7 Å². The Bertz CT molecular complexity index is 1680. The molecule has 280 valence electrons. The minimum atomic E-state index is -0.624. The SMILES string of the molecule is CC(C)(C)c1cc(C(C)(C)C)c(C2=P(Cc3ccccc3)=C(c3c(C(C)(C)C)cc(C(C)(C)C)cc3C(C)(C)C)P2C(C)(C)C)c(C(C)(C)C)c1. The second-order valence-electron chi connectivity index (χ2n) is 22.6. The molecule has 4 rings (SSSR count). The molecule has 0 bridgehead atoms. The van der Waals surface area contributed by atoms with Crippen molar-refractivity contribution in [2.24, 2.45) is 0 Å². The van der Waals surface area contributed by atoms with Crippen molar-refractivity contribution in [2.45, 2.75) is 189 Å². The average Bonchev–Trinajstić information content (AvgIpc) is 2.91. The highest BCUT2D eigenvalue weighted by molar-refractivity contribution is 8.15. The predicted molar refractivity (Wildman–Crippen MR) is 237 cm³/mol. The van der Waals surface area contributed by atoms with E-state index in [2.05, 4.69) is 200 Å². The standard InChI is InChI=1S/C49H74P2/c1-43(2,3)33-27-35(45(7,8)9)39(36(28-33)46(10,11)12)41-50(31-32-25-23-22-24-26-32)42(51(41)49(19,20)21)40-37(47(13,14)15)29-34(44(4,5)6)30-38(40)48(16,17)18/h22-30H,31H2,1-21H3. The van der Waals surface area contributed by atoms with Gasteiger partial charge in [-0.3, -0.25) is 0 Å². The van der Waals surface area contributed by atoms with Crippen LogP contribution in [0, 0.1) is 0 Å². The normalized spacial score (nSPS) is 17.6. The van der Waals surface area contributed by atoms with Crippen LogP contribution in [0.3, 0.4) is 0 Å². The molecule has 3 aromatic rings. The van der Waals surface area contributed by atoms with Gasteiger partial charge in [-0.05, 0) is 95.6 Å². The van der Waals surface area contributed by atoms with Gasteiger partial charge in [-0.15, -0.1) is 7.17 Å². The first-order valence-electron chi connectivity index (χ1n) is 19.5. The van der Waals surface area contributed by atoms with Crippen LogP contribution in [0.1, 0.15) is 195 Å². The van der Waals surface area contributed by atoms with Crippen LogP contribution in [-0.4, -0.2) is 15.2 Å². The fraction of sp³-hybridized carbons (Fsp3) is 0.592. The molecule has 0 aliphatic carbocycles. The van der Waals surface area contributed by atoms with E-state index in [-0.39, 0.29) is 37.6 Å². The summed E-state index contributed by atoms with van der Waals surface area (Å²) in [5.74, 6) is 0. The Hall–Kier alpha value is -1.87. The summed E-state index contributed by atoms with van der Waals surface area (Å²) >= 11 is 0. The van der Waals surface area contributed by atoms with Crippen molar-refractivity contribution in [3.8, 4) is 0 Å². The van der Waals surface area contributed by atoms with E-state index in [0.717, 1.165) is 6.16 Å². The van der Waals surface area contributed by atoms with Crippen molar-refractivity contribution in [3.63, 3.8) is 0 Å². The Morgan fingerprint density at radius 3 is 0.922 bits per heavy atom. The van der Waals surface area contributed by atoms with Gasteiger partial charge in [-0.25, -0.2) is 0 Å². The van der Waals surface area contributed by atoms with Gasteiger partial charge in [0.25, 0.3) is 0 Å². The van der Waals surface area contributed by atoms with Gasteiger partial charge in [0.2, 0.25) is 0 Å². The molecule has 3 aromatic carbocycles. The molecule has 0 aromatic heterocycles. The third-order valence-corrected chi connectivity index (χ3v) is 17.9. The quantitative estimate of drug-likeness (QED) is 0.235. The molecular formula is C49H74P2. The van der Waals surface area contributed by atoms with Crippen LogP contribution in [0.4, 0.5) is 0 Å². The number of benzene rings is 3. The van der Waals surface area contributed by atoms with E-state index in [4.69, 9.17) is 0 Å². The second-order valence-corrected chi connectivity index (χ2v) is 28.3. The molecule has 2 heteroatoms. The van der Waals surface area contributed by atoms with E-state index in [1.54, 1.807) is 43.4 Å². The van der Waals surface area contributed by atoms with Gasteiger partial charge < -0.3 is 0 Å². The highest BCUT2D eigenvalue weighted by Gasteiger charge is 2.46. The lowest BCUT2D eigenvalue weighted by Gasteiger charge is -2.48. The maximum absolute atomic E-state index is 2.61. The molecule has 0 saturated carbocycles. The molecule has 0 amide bonds. The van der Waals surface area contributed by atoms with Crippen molar-refractivity contribution >= 4 is 25.2 Å². The summed E-state index contributed by atoms with van der Waals surface area (Å²) in [4.78, 5) is 0. The van der Waals surface area contributed by atoms with E-state index >= 15 is 0 Å². The summed E-state index contributed by atoms with van der Waals surface area (Å²) in [7, 11) is -1.24. The minimum absolute atomic E-state index is 0.00742. The number of hydrogen-bond donors (Lipinski definition) is 0. The first-order chi connectivity index (χ1) is 22.8. The summed E-state index contributed by atoms with van der Waals surface area (Å²) < 4.78 is 0. The van der Waals surface area contributed by atoms with Crippen molar-refractivity contribution in [1.29, 1.82) is 0 Å².